The van der Waals surface area contributed by atoms with Gasteiger partial charge in [-0.1, -0.05) is 83.9 Å². The molecule has 0 aliphatic carbocycles. The van der Waals surface area contributed by atoms with E-state index in [1.807, 2.05) is 6.92 Å². The lowest BCUT2D eigenvalue weighted by Crippen LogP contribution is -2.09. The molecule has 0 N–H and O–H groups in total. The van der Waals surface area contributed by atoms with E-state index in [0.717, 1.165) is 17.1 Å². The largest absolute Gasteiger partial charge is 0.311 e. The van der Waals surface area contributed by atoms with Gasteiger partial charge in [0.1, 0.15) is 0 Å². The molecular weight excluding hydrogens is 362 g/mol. The first-order valence-corrected chi connectivity index (χ1v) is 10.4. The highest BCUT2D eigenvalue weighted by atomic mass is 15.1. The molecule has 4 aromatic rings. The number of benzene rings is 4. The molecule has 0 bridgehead atoms. The Bertz CT molecular complexity index is 1070. The van der Waals surface area contributed by atoms with Gasteiger partial charge in [-0.2, -0.15) is 0 Å². The van der Waals surface area contributed by atoms with Crippen LogP contribution in [-0.4, -0.2) is 0 Å². The molecule has 0 fully saturated rings. The van der Waals surface area contributed by atoms with Gasteiger partial charge in [0.25, 0.3) is 0 Å². The van der Waals surface area contributed by atoms with Crippen molar-refractivity contribution in [3.05, 3.63) is 120 Å². The van der Waals surface area contributed by atoms with Crippen molar-refractivity contribution in [1.82, 2.24) is 0 Å². The molecule has 0 saturated heterocycles. The Hall–Kier alpha value is -3.58. The molecule has 0 spiro atoms. The number of nitrogens with zero attached hydrogens (tertiary/aromatic N) is 1. The lowest BCUT2D eigenvalue weighted by atomic mass is 10.0. The molecule has 0 saturated carbocycles. The third-order valence-electron chi connectivity index (χ3n) is 5.31. The van der Waals surface area contributed by atoms with E-state index in [9.17, 15) is 0 Å². The first-order chi connectivity index (χ1) is 14.6. The van der Waals surface area contributed by atoms with Crippen molar-refractivity contribution in [2.75, 3.05) is 4.90 Å². The lowest BCUT2D eigenvalue weighted by molar-refractivity contribution is 1.27. The molecule has 0 aromatic heterocycles. The summed E-state index contributed by atoms with van der Waals surface area (Å²) in [6, 6.07) is 34.9. The highest BCUT2D eigenvalue weighted by molar-refractivity contribution is 5.78. The molecule has 0 amide bonds. The second-order valence-corrected chi connectivity index (χ2v) is 7.68. The Labute approximate surface area is 179 Å². The Kier molecular flexibility index (Phi) is 5.81. The minimum absolute atomic E-state index is 1.15. The fourth-order valence-corrected chi connectivity index (χ4v) is 3.62. The van der Waals surface area contributed by atoms with E-state index in [1.54, 1.807) is 0 Å². The topological polar surface area (TPSA) is 3.24 Å². The summed E-state index contributed by atoms with van der Waals surface area (Å²) in [7, 11) is 0. The van der Waals surface area contributed by atoms with Crippen LogP contribution in [0, 0.1) is 13.8 Å². The molecule has 0 heterocycles. The number of rotatable bonds is 5. The molecular formula is C29H27N. The van der Waals surface area contributed by atoms with Crippen LogP contribution in [0.5, 0.6) is 0 Å². The third kappa shape index (κ3) is 4.36. The minimum atomic E-state index is 1.15. The van der Waals surface area contributed by atoms with Crippen molar-refractivity contribution < 1.29 is 0 Å². The lowest BCUT2D eigenvalue weighted by Gasteiger charge is -2.26. The van der Waals surface area contributed by atoms with Gasteiger partial charge in [0.15, 0.2) is 0 Å². The van der Waals surface area contributed by atoms with E-state index in [1.165, 1.54) is 27.8 Å². The maximum Gasteiger partial charge on any atom is 0.0462 e. The number of aryl methyl sites for hydroxylation is 2. The molecule has 0 aliphatic heterocycles. The summed E-state index contributed by atoms with van der Waals surface area (Å²) in [6.45, 7) is 6.28. The van der Waals surface area contributed by atoms with Gasteiger partial charge in [-0.3, -0.25) is 0 Å². The number of anilines is 3. The average molecular weight is 390 g/mol. The Balaban J connectivity index is 1.70. The van der Waals surface area contributed by atoms with Gasteiger partial charge in [-0.05, 0) is 73.9 Å². The Morgan fingerprint density at radius 1 is 0.500 bits per heavy atom. The summed E-state index contributed by atoms with van der Waals surface area (Å²) in [6.07, 6.45) is 4.18. The zero-order chi connectivity index (χ0) is 20.9. The van der Waals surface area contributed by atoms with E-state index in [-0.39, 0.29) is 0 Å². The zero-order valence-electron chi connectivity index (χ0n) is 17.8. The molecule has 0 radical (unpaired) electrons. The Morgan fingerprint density at radius 2 is 0.867 bits per heavy atom. The van der Waals surface area contributed by atoms with Crippen molar-refractivity contribution >= 4 is 23.1 Å². The number of hydrogen-bond acceptors (Lipinski definition) is 1. The maximum atomic E-state index is 2.30. The van der Waals surface area contributed by atoms with Gasteiger partial charge in [0, 0.05) is 17.1 Å². The molecule has 30 heavy (non-hydrogen) atoms. The van der Waals surface area contributed by atoms with Crippen LogP contribution in [0.2, 0.25) is 0 Å². The first kappa shape index (κ1) is 19.7. The van der Waals surface area contributed by atoms with Crippen LogP contribution in [0.3, 0.4) is 0 Å². The molecule has 1 heteroatoms. The summed E-state index contributed by atoms with van der Waals surface area (Å²) in [5, 5.41) is 0. The standard InChI is InChI=1S/C29H27N/c1-4-5-24-10-12-25(13-11-24)26-14-20-29(21-15-26)30(27-16-6-22(2)7-17-27)28-18-8-23(3)9-19-28/h4-21H,1-3H3. The average Bonchev–Trinajstić information content (AvgIpc) is 2.78. The number of hydrogen-bond donors (Lipinski definition) is 0. The predicted molar refractivity (Wildman–Crippen MR) is 131 cm³/mol. The molecule has 0 unspecified atom stereocenters. The van der Waals surface area contributed by atoms with Crippen LogP contribution in [0.4, 0.5) is 17.1 Å². The van der Waals surface area contributed by atoms with Crippen LogP contribution < -0.4 is 4.90 Å². The molecule has 1 nitrogen and oxygen atoms in total. The van der Waals surface area contributed by atoms with Gasteiger partial charge in [-0.25, -0.2) is 0 Å². The van der Waals surface area contributed by atoms with E-state index >= 15 is 0 Å². The molecule has 0 atom stereocenters. The van der Waals surface area contributed by atoms with Crippen molar-refractivity contribution in [2.45, 2.75) is 20.8 Å². The first-order valence-electron chi connectivity index (χ1n) is 10.4. The summed E-state index contributed by atoms with van der Waals surface area (Å²) in [4.78, 5) is 2.30. The second-order valence-electron chi connectivity index (χ2n) is 7.68. The summed E-state index contributed by atoms with van der Waals surface area (Å²) in [5.41, 5.74) is 9.67. The van der Waals surface area contributed by atoms with Crippen LogP contribution in [-0.2, 0) is 0 Å². The van der Waals surface area contributed by atoms with Crippen LogP contribution >= 0.6 is 0 Å². The molecule has 4 aromatic carbocycles. The number of allylic oxidation sites excluding steroid dienone is 1. The maximum absolute atomic E-state index is 2.30. The van der Waals surface area contributed by atoms with E-state index in [2.05, 4.69) is 128 Å². The second kappa shape index (κ2) is 8.84. The normalized spacial score (nSPS) is 11.0. The summed E-state index contributed by atoms with van der Waals surface area (Å²) in [5.74, 6) is 0. The fraction of sp³-hybridized carbons (Fsp3) is 0.103. The molecule has 148 valence electrons. The van der Waals surface area contributed by atoms with Gasteiger partial charge < -0.3 is 4.90 Å². The van der Waals surface area contributed by atoms with E-state index in [0.29, 0.717) is 0 Å². The summed E-state index contributed by atoms with van der Waals surface area (Å²) < 4.78 is 0. The van der Waals surface area contributed by atoms with E-state index in [4.69, 9.17) is 0 Å². The van der Waals surface area contributed by atoms with E-state index < -0.39 is 0 Å². The third-order valence-corrected chi connectivity index (χ3v) is 5.31. The zero-order valence-corrected chi connectivity index (χ0v) is 17.8. The van der Waals surface area contributed by atoms with Crippen molar-refractivity contribution in [3.8, 4) is 11.1 Å². The van der Waals surface area contributed by atoms with Crippen molar-refractivity contribution in [2.24, 2.45) is 0 Å². The van der Waals surface area contributed by atoms with Crippen LogP contribution in [0.15, 0.2) is 103 Å². The highest BCUT2D eigenvalue weighted by Crippen LogP contribution is 2.35. The highest BCUT2D eigenvalue weighted by Gasteiger charge is 2.12. The van der Waals surface area contributed by atoms with Gasteiger partial charge >= 0.3 is 0 Å². The van der Waals surface area contributed by atoms with Gasteiger partial charge in [-0.15, -0.1) is 0 Å². The van der Waals surface area contributed by atoms with Crippen molar-refractivity contribution in [1.29, 1.82) is 0 Å². The SMILES string of the molecule is CC=Cc1ccc(-c2ccc(N(c3ccc(C)cc3)c3ccc(C)cc3)cc2)cc1. The fourth-order valence-electron chi connectivity index (χ4n) is 3.62. The van der Waals surface area contributed by atoms with Gasteiger partial charge in [0.05, 0.1) is 0 Å². The van der Waals surface area contributed by atoms with Crippen LogP contribution in [0.1, 0.15) is 23.6 Å². The smallest absolute Gasteiger partial charge is 0.0462 e. The monoisotopic (exact) mass is 389 g/mol. The minimum Gasteiger partial charge on any atom is -0.311 e. The van der Waals surface area contributed by atoms with Crippen molar-refractivity contribution in [3.63, 3.8) is 0 Å². The molecule has 0 aliphatic rings. The molecule has 4 rings (SSSR count). The Morgan fingerprint density at radius 3 is 1.27 bits per heavy atom. The summed E-state index contributed by atoms with van der Waals surface area (Å²) >= 11 is 0. The van der Waals surface area contributed by atoms with Gasteiger partial charge in [0.2, 0.25) is 0 Å². The quantitative estimate of drug-likeness (QED) is 0.331. The predicted octanol–water partition coefficient (Wildman–Crippen LogP) is 8.47. The van der Waals surface area contributed by atoms with Crippen LogP contribution in [0.25, 0.3) is 17.2 Å².